The molecule has 0 radical (unpaired) electrons. The van der Waals surface area contributed by atoms with Crippen molar-refractivity contribution in [3.8, 4) is 0 Å². The molecule has 0 bridgehead atoms. The van der Waals surface area contributed by atoms with Crippen molar-refractivity contribution < 1.29 is 28.8 Å². The lowest BCUT2D eigenvalue weighted by Gasteiger charge is -2.13. The molecule has 0 amide bonds. The van der Waals surface area contributed by atoms with Crippen LogP contribution in [0.15, 0.2) is 0 Å². The van der Waals surface area contributed by atoms with E-state index in [0.717, 1.165) is 0 Å². The van der Waals surface area contributed by atoms with Crippen molar-refractivity contribution in [2.24, 2.45) is 0 Å². The third-order valence-electron chi connectivity index (χ3n) is 2.02. The summed E-state index contributed by atoms with van der Waals surface area (Å²) in [4.78, 5) is 0. The lowest BCUT2D eigenvalue weighted by Crippen LogP contribution is -2.20. The summed E-state index contributed by atoms with van der Waals surface area (Å²) in [5.41, 5.74) is 0. The molecule has 0 heterocycles. The summed E-state index contributed by atoms with van der Waals surface area (Å²) >= 11 is 0. The first-order valence-corrected chi connectivity index (χ1v) is 6.26. The van der Waals surface area contributed by atoms with Gasteiger partial charge in [-0.15, -0.1) is 0 Å². The summed E-state index contributed by atoms with van der Waals surface area (Å²) in [6.45, 7) is 6.18. The number of hydrogen-bond acceptors (Lipinski definition) is 6. The zero-order chi connectivity index (χ0) is 13.5. The summed E-state index contributed by atoms with van der Waals surface area (Å²) in [5.74, 6) is 0. The van der Waals surface area contributed by atoms with Crippen molar-refractivity contribution in [1.29, 1.82) is 0 Å². The fraction of sp³-hybridized carbons (Fsp3) is 1.00. The Kier molecular flexibility index (Phi) is 14.6. The standard InChI is InChI=1S/C12H26O6/c1-12(11-17-6-5-14-2)18-10-9-16-8-7-15-4-3-13/h12-13H,3-11H2,1-2H3. The highest BCUT2D eigenvalue weighted by Crippen LogP contribution is 1.92. The van der Waals surface area contributed by atoms with Gasteiger partial charge in [0, 0.05) is 7.11 Å². The molecule has 18 heavy (non-hydrogen) atoms. The van der Waals surface area contributed by atoms with Gasteiger partial charge in [0.2, 0.25) is 0 Å². The maximum absolute atomic E-state index is 8.47. The zero-order valence-corrected chi connectivity index (χ0v) is 11.4. The Labute approximate surface area is 109 Å². The number of hydrogen-bond donors (Lipinski definition) is 1. The SMILES string of the molecule is COCCOCC(C)OCCOCCOCCO. The summed E-state index contributed by atoms with van der Waals surface area (Å²) < 4.78 is 26.0. The molecular weight excluding hydrogens is 240 g/mol. The van der Waals surface area contributed by atoms with E-state index in [9.17, 15) is 0 Å². The normalized spacial score (nSPS) is 12.8. The van der Waals surface area contributed by atoms with Crippen LogP contribution in [0.3, 0.4) is 0 Å². The van der Waals surface area contributed by atoms with E-state index in [2.05, 4.69) is 0 Å². The Morgan fingerprint density at radius 2 is 1.44 bits per heavy atom. The van der Waals surface area contributed by atoms with Crippen molar-refractivity contribution >= 4 is 0 Å². The van der Waals surface area contributed by atoms with Crippen molar-refractivity contribution in [2.45, 2.75) is 13.0 Å². The molecule has 0 aromatic heterocycles. The van der Waals surface area contributed by atoms with Gasteiger partial charge >= 0.3 is 0 Å². The zero-order valence-electron chi connectivity index (χ0n) is 11.4. The van der Waals surface area contributed by atoms with E-state index in [-0.39, 0.29) is 12.7 Å². The van der Waals surface area contributed by atoms with Gasteiger partial charge < -0.3 is 28.8 Å². The Balaban J connectivity index is 3.08. The van der Waals surface area contributed by atoms with Crippen LogP contribution >= 0.6 is 0 Å². The third-order valence-corrected chi connectivity index (χ3v) is 2.02. The van der Waals surface area contributed by atoms with Gasteiger partial charge in [-0.3, -0.25) is 0 Å². The fourth-order valence-corrected chi connectivity index (χ4v) is 1.13. The van der Waals surface area contributed by atoms with Crippen LogP contribution in [0.4, 0.5) is 0 Å². The Hall–Kier alpha value is -0.240. The van der Waals surface area contributed by atoms with Gasteiger partial charge in [0.15, 0.2) is 0 Å². The Bertz CT molecular complexity index is 156. The highest BCUT2D eigenvalue weighted by Gasteiger charge is 2.01. The van der Waals surface area contributed by atoms with Gasteiger partial charge in [-0.1, -0.05) is 0 Å². The summed E-state index contributed by atoms with van der Waals surface area (Å²) in [6.07, 6.45) is 0.0519. The second-order valence-corrected chi connectivity index (χ2v) is 3.70. The van der Waals surface area contributed by atoms with Gasteiger partial charge in [0.25, 0.3) is 0 Å². The molecule has 1 unspecified atom stereocenters. The molecule has 1 atom stereocenters. The predicted molar refractivity (Wildman–Crippen MR) is 66.8 cm³/mol. The average Bonchev–Trinajstić information content (AvgIpc) is 2.38. The minimum atomic E-state index is 0.0453. The number of aliphatic hydroxyl groups excluding tert-OH is 1. The Morgan fingerprint density at radius 3 is 2.11 bits per heavy atom. The van der Waals surface area contributed by atoms with E-state index in [4.69, 9.17) is 28.8 Å². The molecule has 0 aromatic carbocycles. The predicted octanol–water partition coefficient (Wildman–Crippen LogP) is 0.0800. The molecule has 0 aromatic rings. The number of rotatable bonds is 14. The minimum absolute atomic E-state index is 0.0453. The van der Waals surface area contributed by atoms with Crippen molar-refractivity contribution in [1.82, 2.24) is 0 Å². The molecule has 0 aliphatic heterocycles. The van der Waals surface area contributed by atoms with Crippen LogP contribution in [-0.2, 0) is 23.7 Å². The second kappa shape index (κ2) is 14.8. The molecule has 0 aliphatic rings. The molecule has 110 valence electrons. The highest BCUT2D eigenvalue weighted by molar-refractivity contribution is 4.47. The van der Waals surface area contributed by atoms with Crippen LogP contribution < -0.4 is 0 Å². The van der Waals surface area contributed by atoms with Crippen LogP contribution in [-0.4, -0.2) is 77.8 Å². The molecule has 0 spiro atoms. The lowest BCUT2D eigenvalue weighted by atomic mass is 10.4. The topological polar surface area (TPSA) is 66.4 Å². The monoisotopic (exact) mass is 266 g/mol. The number of ether oxygens (including phenoxy) is 5. The van der Waals surface area contributed by atoms with E-state index in [1.165, 1.54) is 0 Å². The third kappa shape index (κ3) is 13.8. The quantitative estimate of drug-likeness (QED) is 0.449. The van der Waals surface area contributed by atoms with Gasteiger partial charge in [-0.05, 0) is 6.92 Å². The van der Waals surface area contributed by atoms with Crippen LogP contribution in [0.1, 0.15) is 6.92 Å². The first-order chi connectivity index (χ1) is 8.81. The average molecular weight is 266 g/mol. The number of methoxy groups -OCH3 is 1. The van der Waals surface area contributed by atoms with E-state index in [0.29, 0.717) is 52.9 Å². The van der Waals surface area contributed by atoms with Crippen LogP contribution in [0, 0.1) is 0 Å². The second-order valence-electron chi connectivity index (χ2n) is 3.70. The van der Waals surface area contributed by atoms with Crippen molar-refractivity contribution in [3.05, 3.63) is 0 Å². The molecular formula is C12H26O6. The van der Waals surface area contributed by atoms with Crippen LogP contribution in [0.5, 0.6) is 0 Å². The molecule has 0 saturated carbocycles. The van der Waals surface area contributed by atoms with Crippen molar-refractivity contribution in [3.63, 3.8) is 0 Å². The van der Waals surface area contributed by atoms with E-state index in [1.54, 1.807) is 7.11 Å². The molecule has 0 saturated heterocycles. The first-order valence-electron chi connectivity index (χ1n) is 6.26. The molecule has 6 nitrogen and oxygen atoms in total. The van der Waals surface area contributed by atoms with E-state index < -0.39 is 0 Å². The summed E-state index contributed by atoms with van der Waals surface area (Å²) in [5, 5.41) is 8.47. The number of aliphatic hydroxyl groups is 1. The molecule has 1 N–H and O–H groups in total. The minimum Gasteiger partial charge on any atom is -0.394 e. The van der Waals surface area contributed by atoms with Crippen LogP contribution in [0.25, 0.3) is 0 Å². The molecule has 0 rings (SSSR count). The summed E-state index contributed by atoms with van der Waals surface area (Å²) in [6, 6.07) is 0. The van der Waals surface area contributed by atoms with Gasteiger partial charge in [0.1, 0.15) is 0 Å². The highest BCUT2D eigenvalue weighted by atomic mass is 16.6. The lowest BCUT2D eigenvalue weighted by molar-refractivity contribution is -0.0431. The van der Waals surface area contributed by atoms with Gasteiger partial charge in [-0.2, -0.15) is 0 Å². The molecule has 0 fully saturated rings. The van der Waals surface area contributed by atoms with Gasteiger partial charge in [0.05, 0.1) is 65.6 Å². The van der Waals surface area contributed by atoms with E-state index >= 15 is 0 Å². The molecule has 6 heteroatoms. The largest absolute Gasteiger partial charge is 0.394 e. The van der Waals surface area contributed by atoms with Crippen molar-refractivity contribution in [2.75, 3.05) is 66.6 Å². The maximum Gasteiger partial charge on any atom is 0.0781 e. The van der Waals surface area contributed by atoms with Crippen LogP contribution in [0.2, 0.25) is 0 Å². The first kappa shape index (κ1) is 17.8. The smallest absolute Gasteiger partial charge is 0.0781 e. The van der Waals surface area contributed by atoms with E-state index in [1.807, 2.05) is 6.92 Å². The van der Waals surface area contributed by atoms with Gasteiger partial charge in [-0.25, -0.2) is 0 Å². The fourth-order valence-electron chi connectivity index (χ4n) is 1.13. The maximum atomic E-state index is 8.47. The molecule has 0 aliphatic carbocycles. The summed E-state index contributed by atoms with van der Waals surface area (Å²) in [7, 11) is 1.64. The Morgan fingerprint density at radius 1 is 0.833 bits per heavy atom.